The molecule has 5 nitrogen and oxygen atoms in total. The second-order valence-electron chi connectivity index (χ2n) is 5.22. The number of halogens is 2. The highest BCUT2D eigenvalue weighted by molar-refractivity contribution is 7.99. The van der Waals surface area contributed by atoms with Crippen molar-refractivity contribution in [1.29, 1.82) is 0 Å². The van der Waals surface area contributed by atoms with Gasteiger partial charge in [-0.15, -0.1) is 11.8 Å². The van der Waals surface area contributed by atoms with Crippen LogP contribution in [-0.2, 0) is 0 Å². The smallest absolute Gasteiger partial charge is 0.269 e. The highest BCUT2D eigenvalue weighted by atomic mass is 35.5. The molecule has 1 aromatic heterocycles. The van der Waals surface area contributed by atoms with Crippen LogP contribution >= 0.6 is 35.0 Å². The molecule has 2 aromatic carbocycles. The summed E-state index contributed by atoms with van der Waals surface area (Å²) in [6.45, 7) is 0. The quantitative estimate of drug-likeness (QED) is 0.232. The maximum absolute atomic E-state index is 10.8. The van der Waals surface area contributed by atoms with Crippen LogP contribution in [0.1, 0.15) is 16.3 Å². The second kappa shape index (κ2) is 7.91. The van der Waals surface area contributed by atoms with Crippen LogP contribution < -0.4 is 0 Å². The van der Waals surface area contributed by atoms with Crippen molar-refractivity contribution in [2.24, 2.45) is 0 Å². The highest BCUT2D eigenvalue weighted by Crippen LogP contribution is 2.45. The zero-order chi connectivity index (χ0) is 17.8. The predicted octanol–water partition coefficient (Wildman–Crippen LogP) is 5.72. The summed E-state index contributed by atoms with van der Waals surface area (Å²) >= 11 is 14.2. The normalized spacial score (nSPS) is 13.4. The van der Waals surface area contributed by atoms with Crippen LogP contribution in [0.15, 0.2) is 72.1 Å². The fraction of sp³-hybridized carbons (Fsp3) is 0.118. The lowest BCUT2D eigenvalue weighted by molar-refractivity contribution is -0.384. The van der Waals surface area contributed by atoms with Gasteiger partial charge in [-0.05, 0) is 29.8 Å². The van der Waals surface area contributed by atoms with Gasteiger partial charge in [-0.1, -0.05) is 35.3 Å². The number of alkyl halides is 1. The minimum absolute atomic E-state index is 0.0597. The summed E-state index contributed by atoms with van der Waals surface area (Å²) in [4.78, 5) is 15.3. The van der Waals surface area contributed by atoms with E-state index < -0.39 is 4.92 Å². The van der Waals surface area contributed by atoms with E-state index in [0.717, 1.165) is 10.5 Å². The van der Waals surface area contributed by atoms with Crippen LogP contribution in [0.4, 0.5) is 5.69 Å². The SMILES string of the molecule is O=[N+]([O-])c1ccc(SC(c2ccc(Cl)cc2)C(Cl)n2ccnc2)cc1. The van der Waals surface area contributed by atoms with Gasteiger partial charge in [-0.2, -0.15) is 0 Å². The summed E-state index contributed by atoms with van der Waals surface area (Å²) in [5, 5.41) is 11.3. The van der Waals surface area contributed by atoms with Gasteiger partial charge in [0.05, 0.1) is 16.5 Å². The Kier molecular flexibility index (Phi) is 5.63. The standard InChI is InChI=1S/C17H13Cl2N3O2S/c18-13-3-1-12(2-4-13)16(17(19)21-10-9-20-11-21)25-15-7-5-14(6-8-15)22(23)24/h1-11,16-17H. The number of thioether (sulfide) groups is 1. The molecule has 3 aromatic rings. The Balaban J connectivity index is 1.90. The molecule has 1 heterocycles. The van der Waals surface area contributed by atoms with E-state index in [4.69, 9.17) is 23.2 Å². The maximum Gasteiger partial charge on any atom is 0.269 e. The predicted molar refractivity (Wildman–Crippen MR) is 100 cm³/mol. The number of aromatic nitrogens is 2. The molecule has 0 aliphatic carbocycles. The number of hydrogen-bond donors (Lipinski definition) is 0. The third-order valence-electron chi connectivity index (χ3n) is 3.57. The molecule has 128 valence electrons. The zero-order valence-electron chi connectivity index (χ0n) is 12.8. The van der Waals surface area contributed by atoms with Crippen molar-refractivity contribution < 1.29 is 4.92 Å². The van der Waals surface area contributed by atoms with Gasteiger partial charge < -0.3 is 4.57 Å². The van der Waals surface area contributed by atoms with E-state index in [1.807, 2.05) is 28.8 Å². The van der Waals surface area contributed by atoms with Crippen LogP contribution in [0.5, 0.6) is 0 Å². The monoisotopic (exact) mass is 393 g/mol. The summed E-state index contributed by atoms with van der Waals surface area (Å²) in [6.07, 6.45) is 5.14. The van der Waals surface area contributed by atoms with Crippen molar-refractivity contribution >= 4 is 40.7 Å². The molecule has 0 radical (unpaired) electrons. The van der Waals surface area contributed by atoms with Gasteiger partial charge in [0.15, 0.2) is 0 Å². The molecule has 0 saturated carbocycles. The second-order valence-corrected chi connectivity index (χ2v) is 7.32. The van der Waals surface area contributed by atoms with Crippen molar-refractivity contribution in [2.75, 3.05) is 0 Å². The topological polar surface area (TPSA) is 61.0 Å². The van der Waals surface area contributed by atoms with Crippen LogP contribution in [0.2, 0.25) is 5.02 Å². The van der Waals surface area contributed by atoms with E-state index in [0.29, 0.717) is 5.02 Å². The number of nitro groups is 1. The van der Waals surface area contributed by atoms with E-state index in [9.17, 15) is 10.1 Å². The van der Waals surface area contributed by atoms with Crippen molar-refractivity contribution in [2.45, 2.75) is 15.6 Å². The molecule has 2 atom stereocenters. The first kappa shape index (κ1) is 17.8. The molecule has 2 unspecified atom stereocenters. The van der Waals surface area contributed by atoms with Gasteiger partial charge in [0.25, 0.3) is 5.69 Å². The number of rotatable bonds is 6. The van der Waals surface area contributed by atoms with Gasteiger partial charge in [0, 0.05) is 34.4 Å². The molecule has 0 N–H and O–H groups in total. The average molecular weight is 394 g/mol. The van der Waals surface area contributed by atoms with Crippen LogP contribution in [0.3, 0.4) is 0 Å². The lowest BCUT2D eigenvalue weighted by atomic mass is 10.1. The molecular formula is C17H13Cl2N3O2S. The summed E-state index contributed by atoms with van der Waals surface area (Å²) in [5.41, 5.74) is 0.676. The summed E-state index contributed by atoms with van der Waals surface area (Å²) in [6, 6.07) is 13.9. The van der Waals surface area contributed by atoms with Crippen LogP contribution in [0, 0.1) is 10.1 Å². The summed E-state index contributed by atoms with van der Waals surface area (Å²) < 4.78 is 1.82. The Hall–Kier alpha value is -2.02. The maximum atomic E-state index is 10.8. The third kappa shape index (κ3) is 4.34. The van der Waals surface area contributed by atoms with Gasteiger partial charge in [-0.25, -0.2) is 4.98 Å². The Morgan fingerprint density at radius 2 is 1.80 bits per heavy atom. The van der Waals surface area contributed by atoms with Gasteiger partial charge in [-0.3, -0.25) is 10.1 Å². The fourth-order valence-electron chi connectivity index (χ4n) is 2.30. The first-order valence-corrected chi connectivity index (χ1v) is 9.02. The van der Waals surface area contributed by atoms with E-state index >= 15 is 0 Å². The van der Waals surface area contributed by atoms with Gasteiger partial charge in [0.2, 0.25) is 0 Å². The molecule has 0 spiro atoms. The molecule has 0 bridgehead atoms. The largest absolute Gasteiger partial charge is 0.319 e. The lowest BCUT2D eigenvalue weighted by Crippen LogP contribution is -2.09. The van der Waals surface area contributed by atoms with E-state index in [1.165, 1.54) is 23.9 Å². The lowest BCUT2D eigenvalue weighted by Gasteiger charge is -2.23. The van der Waals surface area contributed by atoms with Crippen LogP contribution in [-0.4, -0.2) is 14.5 Å². The molecule has 3 rings (SSSR count). The van der Waals surface area contributed by atoms with Gasteiger partial charge >= 0.3 is 0 Å². The first-order chi connectivity index (χ1) is 12.0. The van der Waals surface area contributed by atoms with E-state index in [2.05, 4.69) is 4.98 Å². The number of benzene rings is 2. The summed E-state index contributed by atoms with van der Waals surface area (Å²) in [5.74, 6) is 0. The Labute approximate surface area is 158 Å². The Bertz CT molecular complexity index is 839. The minimum Gasteiger partial charge on any atom is -0.319 e. The molecular weight excluding hydrogens is 381 g/mol. The Morgan fingerprint density at radius 1 is 1.12 bits per heavy atom. The third-order valence-corrected chi connectivity index (χ3v) is 5.78. The van der Waals surface area contributed by atoms with Crippen molar-refractivity contribution in [3.05, 3.63) is 88.0 Å². The fourth-order valence-corrected chi connectivity index (χ4v) is 3.97. The number of imidazole rings is 1. The molecule has 0 aliphatic rings. The zero-order valence-corrected chi connectivity index (χ0v) is 15.2. The molecule has 25 heavy (non-hydrogen) atoms. The Morgan fingerprint density at radius 3 is 2.36 bits per heavy atom. The number of hydrogen-bond acceptors (Lipinski definition) is 4. The van der Waals surface area contributed by atoms with Crippen molar-refractivity contribution in [1.82, 2.24) is 9.55 Å². The van der Waals surface area contributed by atoms with Gasteiger partial charge in [0.1, 0.15) is 5.50 Å². The molecule has 8 heteroatoms. The molecule has 0 amide bonds. The average Bonchev–Trinajstić information content (AvgIpc) is 3.15. The van der Waals surface area contributed by atoms with E-state index in [-0.39, 0.29) is 16.4 Å². The van der Waals surface area contributed by atoms with Crippen molar-refractivity contribution in [3.63, 3.8) is 0 Å². The molecule has 0 saturated heterocycles. The highest BCUT2D eigenvalue weighted by Gasteiger charge is 2.24. The van der Waals surface area contributed by atoms with E-state index in [1.54, 1.807) is 30.9 Å². The molecule has 0 aliphatic heterocycles. The molecule has 0 fully saturated rings. The number of non-ortho nitro benzene ring substituents is 1. The van der Waals surface area contributed by atoms with Crippen molar-refractivity contribution in [3.8, 4) is 0 Å². The minimum atomic E-state index is -0.416. The summed E-state index contributed by atoms with van der Waals surface area (Å²) in [7, 11) is 0. The van der Waals surface area contributed by atoms with Crippen LogP contribution in [0.25, 0.3) is 0 Å². The first-order valence-electron chi connectivity index (χ1n) is 7.32. The number of nitrogens with zero attached hydrogens (tertiary/aromatic N) is 3. The number of nitro benzene ring substituents is 1.